The molecule has 2 atom stereocenters. The number of carbonyl (C=O) groups excluding carboxylic acids is 2. The molecule has 0 amide bonds. The third-order valence-corrected chi connectivity index (χ3v) is 4.52. The summed E-state index contributed by atoms with van der Waals surface area (Å²) in [6.07, 6.45) is 3.09. The highest BCUT2D eigenvalue weighted by Crippen LogP contribution is 2.43. The molecule has 1 heterocycles. The predicted molar refractivity (Wildman–Crippen MR) is 87.4 cm³/mol. The van der Waals surface area contributed by atoms with Crippen molar-refractivity contribution in [1.29, 1.82) is 0 Å². The van der Waals surface area contributed by atoms with E-state index in [-0.39, 0.29) is 18.2 Å². The van der Waals surface area contributed by atoms with Gasteiger partial charge in [-0.15, -0.1) is 0 Å². The molecule has 0 spiro atoms. The van der Waals surface area contributed by atoms with Gasteiger partial charge in [0.05, 0.1) is 18.1 Å². The molecule has 1 aromatic rings. The third kappa shape index (κ3) is 2.86. The van der Waals surface area contributed by atoms with E-state index in [0.29, 0.717) is 29.7 Å². The topological polar surface area (TPSA) is 55.4 Å². The Morgan fingerprint density at radius 1 is 1.38 bits per heavy atom. The lowest BCUT2D eigenvalue weighted by Gasteiger charge is -2.37. The number of allylic oxidation sites excluding steroid dienone is 3. The minimum absolute atomic E-state index is 0.0589. The van der Waals surface area contributed by atoms with Gasteiger partial charge in [0, 0.05) is 23.7 Å². The van der Waals surface area contributed by atoms with E-state index in [1.807, 2.05) is 6.08 Å². The number of halogens is 1. The molecule has 5 heteroatoms. The van der Waals surface area contributed by atoms with Crippen LogP contribution >= 0.6 is 0 Å². The minimum Gasteiger partial charge on any atom is -0.463 e. The van der Waals surface area contributed by atoms with Crippen LogP contribution in [0.2, 0.25) is 0 Å². The Bertz CT molecular complexity index is 751. The zero-order valence-corrected chi connectivity index (χ0v) is 13.8. The number of hydrogen-bond donors (Lipinski definition) is 1. The molecular weight excluding hydrogens is 309 g/mol. The molecule has 0 saturated heterocycles. The monoisotopic (exact) mass is 329 g/mol. The van der Waals surface area contributed by atoms with Gasteiger partial charge in [0.25, 0.3) is 0 Å². The molecule has 2 aliphatic rings. The molecule has 0 radical (unpaired) electrons. The number of ether oxygens (including phenoxy) is 1. The van der Waals surface area contributed by atoms with E-state index in [0.717, 1.165) is 5.70 Å². The number of benzene rings is 1. The molecule has 0 aromatic heterocycles. The van der Waals surface area contributed by atoms with Gasteiger partial charge in [-0.1, -0.05) is 18.2 Å². The van der Waals surface area contributed by atoms with Crippen molar-refractivity contribution in [3.05, 3.63) is 58.7 Å². The lowest BCUT2D eigenvalue weighted by molar-refractivity contribution is -0.139. The van der Waals surface area contributed by atoms with Crippen LogP contribution in [0.25, 0.3) is 0 Å². The summed E-state index contributed by atoms with van der Waals surface area (Å²) in [6.45, 7) is 3.76. The number of rotatable bonds is 3. The number of Topliss-reactive ketones (excluding diaryl/α,β-unsaturated/α-hetero) is 1. The van der Waals surface area contributed by atoms with Gasteiger partial charge in [-0.05, 0) is 38.0 Å². The molecule has 1 N–H and O–H groups in total. The van der Waals surface area contributed by atoms with Crippen molar-refractivity contribution in [2.75, 3.05) is 6.61 Å². The Balaban J connectivity index is 2.17. The van der Waals surface area contributed by atoms with Crippen LogP contribution in [-0.2, 0) is 14.3 Å². The molecule has 1 aromatic carbocycles. The smallest absolute Gasteiger partial charge is 0.336 e. The molecule has 0 saturated carbocycles. The van der Waals surface area contributed by atoms with E-state index < -0.39 is 17.8 Å². The second-order valence-electron chi connectivity index (χ2n) is 6.06. The molecule has 1 aliphatic heterocycles. The maximum Gasteiger partial charge on any atom is 0.336 e. The van der Waals surface area contributed by atoms with E-state index in [4.69, 9.17) is 4.74 Å². The molecule has 126 valence electrons. The van der Waals surface area contributed by atoms with Crippen molar-refractivity contribution in [2.45, 2.75) is 32.6 Å². The normalized spacial score (nSPS) is 23.3. The number of hydrogen-bond acceptors (Lipinski definition) is 4. The van der Waals surface area contributed by atoms with Crippen LogP contribution in [0.1, 0.15) is 38.2 Å². The van der Waals surface area contributed by atoms with Gasteiger partial charge in [-0.3, -0.25) is 4.79 Å². The average Bonchev–Trinajstić information content (AvgIpc) is 2.54. The van der Waals surface area contributed by atoms with Gasteiger partial charge in [-0.25, -0.2) is 9.18 Å². The second kappa shape index (κ2) is 6.59. The van der Waals surface area contributed by atoms with Gasteiger partial charge < -0.3 is 10.1 Å². The van der Waals surface area contributed by atoms with Crippen molar-refractivity contribution < 1.29 is 18.7 Å². The van der Waals surface area contributed by atoms with Crippen molar-refractivity contribution in [2.24, 2.45) is 5.92 Å². The van der Waals surface area contributed by atoms with E-state index in [9.17, 15) is 14.0 Å². The maximum atomic E-state index is 13.8. The van der Waals surface area contributed by atoms with E-state index in [2.05, 4.69) is 5.32 Å². The summed E-state index contributed by atoms with van der Waals surface area (Å²) in [7, 11) is 0. The van der Waals surface area contributed by atoms with Crippen LogP contribution in [-0.4, -0.2) is 18.4 Å². The summed E-state index contributed by atoms with van der Waals surface area (Å²) in [5.41, 5.74) is 2.47. The van der Waals surface area contributed by atoms with E-state index in [1.54, 1.807) is 26.0 Å². The standard InChI is InChI=1S/C19H20FNO3/c1-3-24-19(23)16-11(2)21-14-8-5-9-15(22)18(14)17(16)12-6-4-7-13(20)10-12/h4,6-8,10,17-18,21H,3,5,9H2,1-2H3. The summed E-state index contributed by atoms with van der Waals surface area (Å²) in [5.74, 6) is -1.82. The van der Waals surface area contributed by atoms with Gasteiger partial charge >= 0.3 is 5.97 Å². The fourth-order valence-corrected chi connectivity index (χ4v) is 3.55. The first kappa shape index (κ1) is 16.4. The SMILES string of the molecule is CCOC(=O)C1=C(C)NC2=CCCC(=O)C2C1c1cccc(F)c1. The molecule has 2 unspecified atom stereocenters. The first-order chi connectivity index (χ1) is 11.5. The Kier molecular flexibility index (Phi) is 4.51. The average molecular weight is 329 g/mol. The number of esters is 1. The summed E-state index contributed by atoms with van der Waals surface area (Å²) in [4.78, 5) is 25.1. The first-order valence-corrected chi connectivity index (χ1v) is 8.16. The van der Waals surface area contributed by atoms with Gasteiger partial charge in [0.1, 0.15) is 11.6 Å². The number of carbonyl (C=O) groups is 2. The van der Waals surface area contributed by atoms with E-state index in [1.165, 1.54) is 12.1 Å². The molecule has 0 bridgehead atoms. The summed E-state index contributed by atoms with van der Waals surface area (Å²) >= 11 is 0. The predicted octanol–water partition coefficient (Wildman–Crippen LogP) is 3.21. The molecule has 24 heavy (non-hydrogen) atoms. The maximum absolute atomic E-state index is 13.8. The zero-order chi connectivity index (χ0) is 17.3. The highest BCUT2D eigenvalue weighted by Gasteiger charge is 2.43. The largest absolute Gasteiger partial charge is 0.463 e. The van der Waals surface area contributed by atoms with Crippen LogP contribution in [0.5, 0.6) is 0 Å². The molecule has 3 rings (SSSR count). The quantitative estimate of drug-likeness (QED) is 0.865. The highest BCUT2D eigenvalue weighted by atomic mass is 19.1. The van der Waals surface area contributed by atoms with Crippen molar-refractivity contribution in [1.82, 2.24) is 5.32 Å². The van der Waals surface area contributed by atoms with Crippen LogP contribution in [0.3, 0.4) is 0 Å². The Morgan fingerprint density at radius 2 is 2.17 bits per heavy atom. The van der Waals surface area contributed by atoms with Gasteiger partial charge in [-0.2, -0.15) is 0 Å². The molecular formula is C19H20FNO3. The Morgan fingerprint density at radius 3 is 2.88 bits per heavy atom. The zero-order valence-electron chi connectivity index (χ0n) is 13.8. The lowest BCUT2D eigenvalue weighted by atomic mass is 9.71. The van der Waals surface area contributed by atoms with Crippen molar-refractivity contribution in [3.8, 4) is 0 Å². The van der Waals surface area contributed by atoms with Crippen LogP contribution in [0.4, 0.5) is 4.39 Å². The Labute approximate surface area is 140 Å². The fraction of sp³-hybridized carbons (Fsp3) is 0.368. The molecule has 0 fully saturated rings. The summed E-state index contributed by atoms with van der Waals surface area (Å²) in [6, 6.07) is 6.10. The first-order valence-electron chi connectivity index (χ1n) is 8.16. The van der Waals surface area contributed by atoms with Crippen LogP contribution < -0.4 is 5.32 Å². The van der Waals surface area contributed by atoms with Gasteiger partial charge in [0.15, 0.2) is 0 Å². The van der Waals surface area contributed by atoms with Crippen LogP contribution in [0.15, 0.2) is 47.3 Å². The fourth-order valence-electron chi connectivity index (χ4n) is 3.55. The minimum atomic E-state index is -0.528. The van der Waals surface area contributed by atoms with Crippen LogP contribution in [0, 0.1) is 11.7 Å². The van der Waals surface area contributed by atoms with Crippen molar-refractivity contribution >= 4 is 11.8 Å². The lowest BCUT2D eigenvalue weighted by Crippen LogP contribution is -2.40. The second-order valence-corrected chi connectivity index (χ2v) is 6.06. The number of fused-ring (bicyclic) bond motifs is 1. The third-order valence-electron chi connectivity index (χ3n) is 4.52. The summed E-state index contributed by atoms with van der Waals surface area (Å²) < 4.78 is 19.0. The number of ketones is 1. The highest BCUT2D eigenvalue weighted by molar-refractivity contribution is 5.96. The molecule has 1 aliphatic carbocycles. The van der Waals surface area contributed by atoms with Gasteiger partial charge in [0.2, 0.25) is 0 Å². The number of nitrogens with one attached hydrogen (secondary N) is 1. The van der Waals surface area contributed by atoms with Crippen molar-refractivity contribution in [3.63, 3.8) is 0 Å². The van der Waals surface area contributed by atoms with E-state index >= 15 is 0 Å². The summed E-state index contributed by atoms with van der Waals surface area (Å²) in [5, 5.41) is 3.18. The Hall–Kier alpha value is -2.43. The molecule has 4 nitrogen and oxygen atoms in total.